The van der Waals surface area contributed by atoms with E-state index in [9.17, 15) is 18.0 Å². The van der Waals surface area contributed by atoms with Crippen LogP contribution >= 0.6 is 0 Å². The van der Waals surface area contributed by atoms with E-state index in [1.165, 1.54) is 9.21 Å². The van der Waals surface area contributed by atoms with E-state index in [2.05, 4.69) is 5.32 Å². The Labute approximate surface area is 153 Å². The largest absolute Gasteiger partial charge is 0.336 e. The second-order valence-corrected chi connectivity index (χ2v) is 8.71. The van der Waals surface area contributed by atoms with Crippen molar-refractivity contribution < 1.29 is 22.9 Å². The van der Waals surface area contributed by atoms with Crippen molar-refractivity contribution in [3.05, 3.63) is 35.9 Å². The number of quaternary nitrogens is 1. The van der Waals surface area contributed by atoms with Crippen LogP contribution in [0.4, 0.5) is 4.79 Å². The van der Waals surface area contributed by atoms with Gasteiger partial charge in [0, 0.05) is 13.1 Å². The van der Waals surface area contributed by atoms with Crippen LogP contribution in [-0.2, 0) is 20.6 Å². The minimum Gasteiger partial charge on any atom is -0.336 e. The summed E-state index contributed by atoms with van der Waals surface area (Å²) < 4.78 is 26.7. The number of carbonyl (C=O) groups is 2. The molecule has 1 aromatic carbocycles. The van der Waals surface area contributed by atoms with Crippen LogP contribution in [-0.4, -0.2) is 74.9 Å². The van der Waals surface area contributed by atoms with E-state index < -0.39 is 10.0 Å². The molecule has 2 heterocycles. The minimum absolute atomic E-state index is 0.00833. The van der Waals surface area contributed by atoms with Crippen molar-refractivity contribution in [2.24, 2.45) is 0 Å². The van der Waals surface area contributed by atoms with Crippen LogP contribution < -0.4 is 10.2 Å². The van der Waals surface area contributed by atoms with Gasteiger partial charge in [0.2, 0.25) is 10.0 Å². The van der Waals surface area contributed by atoms with Gasteiger partial charge in [0.05, 0.1) is 31.9 Å². The molecule has 142 valence electrons. The number of rotatable bonds is 5. The fraction of sp³-hybridized carbons (Fsp3) is 0.529. The van der Waals surface area contributed by atoms with Crippen molar-refractivity contribution in [3.8, 4) is 0 Å². The van der Waals surface area contributed by atoms with Crippen molar-refractivity contribution in [1.82, 2.24) is 14.5 Å². The molecule has 1 atom stereocenters. The molecule has 0 saturated carbocycles. The first-order chi connectivity index (χ1) is 12.4. The van der Waals surface area contributed by atoms with Crippen molar-refractivity contribution >= 4 is 22.0 Å². The maximum atomic E-state index is 12.6. The first kappa shape index (κ1) is 18.8. The first-order valence-corrected chi connectivity index (χ1v) is 10.4. The van der Waals surface area contributed by atoms with Crippen molar-refractivity contribution in [3.63, 3.8) is 0 Å². The molecule has 2 N–H and O–H groups in total. The van der Waals surface area contributed by atoms with E-state index in [0.29, 0.717) is 39.3 Å². The summed E-state index contributed by atoms with van der Waals surface area (Å²) in [6, 6.07) is 8.42. The molecule has 0 unspecified atom stereocenters. The standard InChI is InChI=1S/C17H24N4O4S/c1-14(16(22)21-8-7-18-17(21)23)19-9-11-20(12-10-19)26(24,25)13-15-5-3-2-4-6-15/h2-6,14H,7-13H2,1H3,(H,18,23)/p+1/t14-/m0/s1. The predicted octanol–water partition coefficient (Wildman–Crippen LogP) is -1.34. The Morgan fingerprint density at radius 2 is 1.85 bits per heavy atom. The molecule has 9 heteroatoms. The van der Waals surface area contributed by atoms with E-state index >= 15 is 0 Å². The van der Waals surface area contributed by atoms with Crippen LogP contribution in [0.1, 0.15) is 12.5 Å². The van der Waals surface area contributed by atoms with E-state index in [0.717, 1.165) is 10.5 Å². The second-order valence-electron chi connectivity index (χ2n) is 6.74. The maximum Gasteiger partial charge on any atom is 0.324 e. The Morgan fingerprint density at radius 3 is 2.42 bits per heavy atom. The molecule has 0 aliphatic carbocycles. The number of benzene rings is 1. The number of nitrogens with zero attached hydrogens (tertiary/aromatic N) is 2. The molecule has 3 rings (SSSR count). The number of hydrogen-bond donors (Lipinski definition) is 2. The second kappa shape index (κ2) is 7.73. The molecule has 2 fully saturated rings. The number of sulfonamides is 1. The number of urea groups is 1. The van der Waals surface area contributed by atoms with Crippen molar-refractivity contribution in [2.75, 3.05) is 39.3 Å². The third-order valence-electron chi connectivity index (χ3n) is 5.06. The Kier molecular flexibility index (Phi) is 5.59. The van der Waals surface area contributed by atoms with Crippen molar-refractivity contribution in [2.45, 2.75) is 18.7 Å². The summed E-state index contributed by atoms with van der Waals surface area (Å²) in [7, 11) is -3.37. The molecule has 2 aliphatic heterocycles. The number of piperazine rings is 1. The first-order valence-electron chi connectivity index (χ1n) is 8.84. The highest BCUT2D eigenvalue weighted by molar-refractivity contribution is 7.88. The maximum absolute atomic E-state index is 12.6. The molecule has 1 aromatic rings. The molecule has 8 nitrogen and oxygen atoms in total. The zero-order valence-electron chi connectivity index (χ0n) is 14.8. The van der Waals surface area contributed by atoms with Crippen LogP contribution in [0.2, 0.25) is 0 Å². The van der Waals surface area contributed by atoms with Crippen molar-refractivity contribution in [1.29, 1.82) is 0 Å². The molecule has 0 aromatic heterocycles. The van der Waals surface area contributed by atoms with Gasteiger partial charge in [0.1, 0.15) is 0 Å². The minimum atomic E-state index is -3.37. The Morgan fingerprint density at radius 1 is 1.19 bits per heavy atom. The average Bonchev–Trinajstić information content (AvgIpc) is 3.07. The fourth-order valence-corrected chi connectivity index (χ4v) is 4.99. The molecule has 0 spiro atoms. The molecular formula is C17H25N4O4S+. The third kappa shape index (κ3) is 4.05. The number of imide groups is 1. The Hall–Kier alpha value is -1.97. The molecular weight excluding hydrogens is 356 g/mol. The lowest BCUT2D eigenvalue weighted by atomic mass is 10.2. The van der Waals surface area contributed by atoms with Crippen LogP contribution in [0.5, 0.6) is 0 Å². The SMILES string of the molecule is C[C@@H](C(=O)N1CCNC1=O)[NH+]1CCN(S(=O)(=O)Cc2ccccc2)CC1. The highest BCUT2D eigenvalue weighted by Gasteiger charge is 2.38. The molecule has 2 saturated heterocycles. The summed E-state index contributed by atoms with van der Waals surface area (Å²) in [5.74, 6) is -0.207. The molecule has 2 aliphatic rings. The van der Waals surface area contributed by atoms with Crippen LogP contribution in [0, 0.1) is 0 Å². The quantitative estimate of drug-likeness (QED) is 0.660. The van der Waals surface area contributed by atoms with Crippen LogP contribution in [0.25, 0.3) is 0 Å². The normalized spacial score (nSPS) is 20.8. The Bertz CT molecular complexity index is 760. The predicted molar refractivity (Wildman–Crippen MR) is 95.9 cm³/mol. The third-order valence-corrected chi connectivity index (χ3v) is 6.91. The summed E-state index contributed by atoms with van der Waals surface area (Å²) in [6.07, 6.45) is 0. The topological polar surface area (TPSA) is 91.2 Å². The van der Waals surface area contributed by atoms with E-state index in [4.69, 9.17) is 0 Å². The zero-order chi connectivity index (χ0) is 18.7. The molecule has 3 amide bonds. The van der Waals surface area contributed by atoms with Gasteiger partial charge >= 0.3 is 6.03 Å². The number of hydrogen-bond acceptors (Lipinski definition) is 4. The lowest BCUT2D eigenvalue weighted by molar-refractivity contribution is -0.917. The summed E-state index contributed by atoms with van der Waals surface area (Å²) in [4.78, 5) is 26.4. The van der Waals surface area contributed by atoms with Gasteiger partial charge in [-0.25, -0.2) is 13.2 Å². The smallest absolute Gasteiger partial charge is 0.324 e. The van der Waals surface area contributed by atoms with Gasteiger partial charge < -0.3 is 10.2 Å². The summed E-state index contributed by atoms with van der Waals surface area (Å²) in [5, 5.41) is 2.63. The van der Waals surface area contributed by atoms with Crippen LogP contribution in [0.15, 0.2) is 30.3 Å². The summed E-state index contributed by atoms with van der Waals surface area (Å²) in [5.41, 5.74) is 0.769. The highest BCUT2D eigenvalue weighted by atomic mass is 32.2. The molecule has 0 bridgehead atoms. The van der Waals surface area contributed by atoms with Gasteiger partial charge in [-0.3, -0.25) is 9.69 Å². The monoisotopic (exact) mass is 381 g/mol. The lowest BCUT2D eigenvalue weighted by Gasteiger charge is -2.34. The van der Waals surface area contributed by atoms with Gasteiger partial charge in [0.25, 0.3) is 5.91 Å². The van der Waals surface area contributed by atoms with E-state index in [-0.39, 0.29) is 23.7 Å². The van der Waals surface area contributed by atoms with Gasteiger partial charge in [0.15, 0.2) is 6.04 Å². The number of amides is 3. The summed E-state index contributed by atoms with van der Waals surface area (Å²) >= 11 is 0. The molecule has 26 heavy (non-hydrogen) atoms. The lowest BCUT2D eigenvalue weighted by Crippen LogP contribution is -3.19. The van der Waals surface area contributed by atoms with Gasteiger partial charge in [-0.1, -0.05) is 30.3 Å². The molecule has 0 radical (unpaired) electrons. The highest BCUT2D eigenvalue weighted by Crippen LogP contribution is 2.11. The summed E-state index contributed by atoms with van der Waals surface area (Å²) in [6.45, 7) is 4.55. The fourth-order valence-electron chi connectivity index (χ4n) is 3.45. The Balaban J connectivity index is 1.56. The van der Waals surface area contributed by atoms with Crippen LogP contribution in [0.3, 0.4) is 0 Å². The zero-order valence-corrected chi connectivity index (χ0v) is 15.7. The number of nitrogens with one attached hydrogen (secondary N) is 2. The number of carbonyl (C=O) groups excluding carboxylic acids is 2. The van der Waals surface area contributed by atoms with Gasteiger partial charge in [-0.05, 0) is 12.5 Å². The van der Waals surface area contributed by atoms with Gasteiger partial charge in [-0.15, -0.1) is 0 Å². The van der Waals surface area contributed by atoms with E-state index in [1.54, 1.807) is 19.1 Å². The van der Waals surface area contributed by atoms with E-state index in [1.807, 2.05) is 18.2 Å². The van der Waals surface area contributed by atoms with Gasteiger partial charge in [-0.2, -0.15) is 4.31 Å². The average molecular weight is 381 g/mol.